The maximum absolute atomic E-state index is 5.26. The number of methoxy groups -OCH3 is 2. The van der Waals surface area contributed by atoms with E-state index < -0.39 is 0 Å². The Kier molecular flexibility index (Phi) is 5.61. The Bertz CT molecular complexity index is 433. The maximum Gasteiger partial charge on any atom is 0.232 e. The zero-order chi connectivity index (χ0) is 15.2. The highest BCUT2D eigenvalue weighted by Gasteiger charge is 2.29. The van der Waals surface area contributed by atoms with E-state index in [1.807, 2.05) is 0 Å². The van der Waals surface area contributed by atoms with Crippen LogP contribution in [0.1, 0.15) is 33.1 Å². The number of hydrogen-bond donors (Lipinski definition) is 1. The van der Waals surface area contributed by atoms with Crippen molar-refractivity contribution in [1.82, 2.24) is 15.3 Å². The van der Waals surface area contributed by atoms with E-state index in [0.29, 0.717) is 29.8 Å². The van der Waals surface area contributed by atoms with Crippen molar-refractivity contribution < 1.29 is 9.47 Å². The molecule has 1 aliphatic rings. The Balaban J connectivity index is 2.27. The smallest absolute Gasteiger partial charge is 0.232 e. The summed E-state index contributed by atoms with van der Waals surface area (Å²) in [6.07, 6.45) is 3.56. The van der Waals surface area contributed by atoms with Gasteiger partial charge in [0.25, 0.3) is 0 Å². The second-order valence-corrected chi connectivity index (χ2v) is 5.36. The second kappa shape index (κ2) is 7.45. The van der Waals surface area contributed by atoms with Gasteiger partial charge in [-0.15, -0.1) is 0 Å². The monoisotopic (exact) mass is 294 g/mol. The van der Waals surface area contributed by atoms with Gasteiger partial charge in [-0.2, -0.15) is 9.97 Å². The van der Waals surface area contributed by atoms with Crippen LogP contribution in [-0.2, 0) is 0 Å². The number of hydrogen-bond acceptors (Lipinski definition) is 6. The highest BCUT2D eigenvalue weighted by molar-refractivity contribution is 5.39. The molecule has 1 N–H and O–H groups in total. The first-order valence-corrected chi connectivity index (χ1v) is 7.66. The third-order valence-corrected chi connectivity index (χ3v) is 4.00. The lowest BCUT2D eigenvalue weighted by atomic mass is 9.97. The van der Waals surface area contributed by atoms with E-state index in [-0.39, 0.29) is 0 Å². The highest BCUT2D eigenvalue weighted by atomic mass is 16.5. The Morgan fingerprint density at radius 3 is 2.52 bits per heavy atom. The molecule has 6 heteroatoms. The minimum absolute atomic E-state index is 0.399. The molecule has 2 rings (SSSR count). The summed E-state index contributed by atoms with van der Waals surface area (Å²) in [5.41, 5.74) is 0. The molecule has 0 aliphatic carbocycles. The fourth-order valence-electron chi connectivity index (χ4n) is 2.91. The van der Waals surface area contributed by atoms with Crippen molar-refractivity contribution in [2.24, 2.45) is 0 Å². The van der Waals surface area contributed by atoms with Gasteiger partial charge in [-0.05, 0) is 32.7 Å². The van der Waals surface area contributed by atoms with Crippen molar-refractivity contribution in [3.05, 3.63) is 6.07 Å². The zero-order valence-electron chi connectivity index (χ0n) is 13.4. The molecule has 0 radical (unpaired) electrons. The average Bonchev–Trinajstić information content (AvgIpc) is 2.54. The topological polar surface area (TPSA) is 59.5 Å². The predicted molar refractivity (Wildman–Crippen MR) is 83.3 cm³/mol. The number of aromatic nitrogens is 2. The summed E-state index contributed by atoms with van der Waals surface area (Å²) in [4.78, 5) is 11.3. The first-order chi connectivity index (χ1) is 10.2. The van der Waals surface area contributed by atoms with Crippen molar-refractivity contribution in [3.8, 4) is 11.8 Å². The number of piperidine rings is 1. The maximum atomic E-state index is 5.26. The van der Waals surface area contributed by atoms with Crippen LogP contribution in [0.4, 0.5) is 5.95 Å². The van der Waals surface area contributed by atoms with Crippen molar-refractivity contribution in [2.45, 2.75) is 45.2 Å². The van der Waals surface area contributed by atoms with E-state index in [1.54, 1.807) is 20.3 Å². The summed E-state index contributed by atoms with van der Waals surface area (Å²) in [5.74, 6) is 1.77. The Hall–Kier alpha value is -1.56. The molecule has 21 heavy (non-hydrogen) atoms. The lowest BCUT2D eigenvalue weighted by molar-refractivity contribution is 0.352. The fraction of sp³-hybridized carbons (Fsp3) is 0.733. The van der Waals surface area contributed by atoms with E-state index in [0.717, 1.165) is 25.9 Å². The van der Waals surface area contributed by atoms with Gasteiger partial charge in [-0.1, -0.05) is 6.92 Å². The molecule has 0 spiro atoms. The molecule has 1 aromatic rings. The molecule has 1 aliphatic heterocycles. The number of anilines is 1. The zero-order valence-corrected chi connectivity index (χ0v) is 13.4. The highest BCUT2D eigenvalue weighted by Crippen LogP contribution is 2.27. The molecule has 2 unspecified atom stereocenters. The van der Waals surface area contributed by atoms with Gasteiger partial charge in [-0.3, -0.25) is 0 Å². The van der Waals surface area contributed by atoms with Crippen molar-refractivity contribution >= 4 is 5.95 Å². The average molecular weight is 294 g/mol. The lowest BCUT2D eigenvalue weighted by Gasteiger charge is -2.39. The van der Waals surface area contributed by atoms with Crippen LogP contribution >= 0.6 is 0 Å². The van der Waals surface area contributed by atoms with Crippen LogP contribution in [-0.4, -0.2) is 49.4 Å². The van der Waals surface area contributed by atoms with Gasteiger partial charge in [0, 0.05) is 18.6 Å². The van der Waals surface area contributed by atoms with Gasteiger partial charge in [0.15, 0.2) is 0 Å². The molecule has 118 valence electrons. The third kappa shape index (κ3) is 3.75. The van der Waals surface area contributed by atoms with Gasteiger partial charge in [0.05, 0.1) is 20.3 Å². The summed E-state index contributed by atoms with van der Waals surface area (Å²) >= 11 is 0. The van der Waals surface area contributed by atoms with Crippen LogP contribution in [0.2, 0.25) is 0 Å². The lowest BCUT2D eigenvalue weighted by Crippen LogP contribution is -2.51. The van der Waals surface area contributed by atoms with Crippen LogP contribution in [0.15, 0.2) is 6.07 Å². The van der Waals surface area contributed by atoms with Crippen LogP contribution in [0.3, 0.4) is 0 Å². The van der Waals surface area contributed by atoms with Gasteiger partial charge in [0.1, 0.15) is 0 Å². The minimum Gasteiger partial charge on any atom is -0.481 e. The Morgan fingerprint density at radius 1 is 1.29 bits per heavy atom. The first kappa shape index (κ1) is 15.8. The van der Waals surface area contributed by atoms with E-state index >= 15 is 0 Å². The van der Waals surface area contributed by atoms with Crippen molar-refractivity contribution in [1.29, 1.82) is 0 Å². The molecule has 1 saturated heterocycles. The van der Waals surface area contributed by atoms with Gasteiger partial charge >= 0.3 is 0 Å². The molecule has 2 atom stereocenters. The summed E-state index contributed by atoms with van der Waals surface area (Å²) in [5, 5.41) is 3.51. The fourth-order valence-corrected chi connectivity index (χ4v) is 2.91. The standard InChI is InChI=1S/C15H26N4O2/c1-5-16-11(2)12-8-6-7-9-19(12)15-17-13(20-3)10-14(18-15)21-4/h10-12,16H,5-9H2,1-4H3. The molecule has 0 aromatic carbocycles. The largest absolute Gasteiger partial charge is 0.481 e. The molecule has 0 amide bonds. The van der Waals surface area contributed by atoms with Crippen LogP contribution in [0, 0.1) is 0 Å². The van der Waals surface area contributed by atoms with Gasteiger partial charge in [0.2, 0.25) is 17.7 Å². The predicted octanol–water partition coefficient (Wildman–Crippen LogP) is 1.85. The van der Waals surface area contributed by atoms with Crippen molar-refractivity contribution in [2.75, 3.05) is 32.2 Å². The summed E-state index contributed by atoms with van der Waals surface area (Å²) in [6.45, 7) is 6.29. The Labute approximate surface area is 126 Å². The Morgan fingerprint density at radius 2 is 1.95 bits per heavy atom. The van der Waals surface area contributed by atoms with Gasteiger partial charge in [-0.25, -0.2) is 0 Å². The SMILES string of the molecule is CCNC(C)C1CCCCN1c1nc(OC)cc(OC)n1. The quantitative estimate of drug-likeness (QED) is 0.864. The summed E-state index contributed by atoms with van der Waals surface area (Å²) in [6, 6.07) is 2.50. The molecule has 0 saturated carbocycles. The number of nitrogens with zero attached hydrogens (tertiary/aromatic N) is 3. The van der Waals surface area contributed by atoms with Gasteiger partial charge < -0.3 is 19.7 Å². The number of nitrogens with one attached hydrogen (secondary N) is 1. The third-order valence-electron chi connectivity index (χ3n) is 4.00. The molecule has 0 bridgehead atoms. The molecule has 1 aromatic heterocycles. The molecule has 2 heterocycles. The summed E-state index contributed by atoms with van der Waals surface area (Å²) in [7, 11) is 3.22. The molecular weight excluding hydrogens is 268 g/mol. The van der Waals surface area contributed by atoms with Crippen LogP contribution in [0.25, 0.3) is 0 Å². The molecular formula is C15H26N4O2. The van der Waals surface area contributed by atoms with Crippen LogP contribution in [0.5, 0.6) is 11.8 Å². The normalized spacial score (nSPS) is 20.2. The number of likely N-dealkylation sites (N-methyl/N-ethyl adjacent to an activating group) is 1. The molecule has 1 fully saturated rings. The first-order valence-electron chi connectivity index (χ1n) is 7.66. The van der Waals surface area contributed by atoms with Crippen LogP contribution < -0.4 is 19.7 Å². The van der Waals surface area contributed by atoms with Crippen molar-refractivity contribution in [3.63, 3.8) is 0 Å². The molecule has 6 nitrogen and oxygen atoms in total. The number of rotatable bonds is 6. The minimum atomic E-state index is 0.399. The summed E-state index contributed by atoms with van der Waals surface area (Å²) < 4.78 is 10.5. The number of ether oxygens (including phenoxy) is 2. The van der Waals surface area contributed by atoms with E-state index in [9.17, 15) is 0 Å². The van der Waals surface area contributed by atoms with E-state index in [1.165, 1.54) is 6.42 Å². The van der Waals surface area contributed by atoms with E-state index in [4.69, 9.17) is 9.47 Å². The second-order valence-electron chi connectivity index (χ2n) is 5.36. The van der Waals surface area contributed by atoms with E-state index in [2.05, 4.69) is 34.0 Å².